The van der Waals surface area contributed by atoms with E-state index in [2.05, 4.69) is 16.0 Å². The van der Waals surface area contributed by atoms with Crippen molar-refractivity contribution in [1.82, 2.24) is 5.32 Å². The van der Waals surface area contributed by atoms with Gasteiger partial charge in [-0.05, 0) is 44.0 Å². The van der Waals surface area contributed by atoms with Crippen molar-refractivity contribution in [3.8, 4) is 0 Å². The minimum absolute atomic E-state index is 0. The van der Waals surface area contributed by atoms with Gasteiger partial charge in [-0.3, -0.25) is 4.79 Å². The Hall–Kier alpha value is -1.18. The minimum atomic E-state index is -4.44. The smallest absolute Gasteiger partial charge is 0.383 e. The van der Waals surface area contributed by atoms with Crippen molar-refractivity contribution in [3.05, 3.63) is 23.8 Å². The van der Waals surface area contributed by atoms with E-state index in [0.29, 0.717) is 18.8 Å². The van der Waals surface area contributed by atoms with Gasteiger partial charge < -0.3 is 16.0 Å². The number of hydrogen-bond acceptors (Lipinski definition) is 3. The first-order valence-electron chi connectivity index (χ1n) is 7.88. The summed E-state index contributed by atoms with van der Waals surface area (Å²) >= 11 is 0. The van der Waals surface area contributed by atoms with Crippen molar-refractivity contribution >= 4 is 42.1 Å². The third-order valence-corrected chi connectivity index (χ3v) is 3.84. The van der Waals surface area contributed by atoms with Crippen molar-refractivity contribution in [2.75, 3.05) is 30.3 Å². The monoisotopic (exact) mass is 401 g/mol. The molecular weight excluding hydrogens is 378 g/mol. The second-order valence-electron chi connectivity index (χ2n) is 5.72. The summed E-state index contributed by atoms with van der Waals surface area (Å²) in [4.78, 5) is 12.3. The summed E-state index contributed by atoms with van der Waals surface area (Å²) < 4.78 is 38.7. The zero-order valence-corrected chi connectivity index (χ0v) is 15.5. The average molecular weight is 402 g/mol. The zero-order valence-electron chi connectivity index (χ0n) is 13.9. The van der Waals surface area contributed by atoms with Crippen LogP contribution in [0.1, 0.15) is 31.7 Å². The molecule has 0 aromatic heterocycles. The summed E-state index contributed by atoms with van der Waals surface area (Å²) in [5.74, 6) is -0.451. The van der Waals surface area contributed by atoms with E-state index in [1.54, 1.807) is 0 Å². The van der Waals surface area contributed by atoms with Gasteiger partial charge in [0.25, 0.3) is 0 Å². The van der Waals surface area contributed by atoms with Crippen LogP contribution in [0.15, 0.2) is 18.2 Å². The number of halogens is 5. The molecule has 1 aliphatic rings. The predicted octanol–water partition coefficient (Wildman–Crippen LogP) is 4.31. The molecular formula is C16H24Cl2F3N3O. The Morgan fingerprint density at radius 3 is 2.56 bits per heavy atom. The van der Waals surface area contributed by atoms with Crippen molar-refractivity contribution in [2.24, 2.45) is 5.92 Å². The number of carbonyl (C=O) groups is 1. The van der Waals surface area contributed by atoms with Crippen molar-refractivity contribution in [2.45, 2.75) is 32.4 Å². The first-order chi connectivity index (χ1) is 10.9. The standard InChI is InChI=1S/C16H22F3N3O.2ClH/c1-2-7-21-13-6-5-12(16(17,18)19)9-14(13)22-15(23)11-4-3-8-20-10-11;;/h5-6,9,11,20-21H,2-4,7-8,10H2,1H3,(H,22,23);2*1H. The molecule has 0 bridgehead atoms. The molecule has 0 spiro atoms. The lowest BCUT2D eigenvalue weighted by atomic mass is 9.98. The highest BCUT2D eigenvalue weighted by Crippen LogP contribution is 2.34. The van der Waals surface area contributed by atoms with E-state index in [-0.39, 0.29) is 42.3 Å². The third kappa shape index (κ3) is 6.92. The topological polar surface area (TPSA) is 53.2 Å². The molecule has 9 heteroatoms. The minimum Gasteiger partial charge on any atom is -0.383 e. The Kier molecular flexibility index (Phi) is 10.2. The lowest BCUT2D eigenvalue weighted by molar-refractivity contribution is -0.137. The highest BCUT2D eigenvalue weighted by atomic mass is 35.5. The van der Waals surface area contributed by atoms with Gasteiger partial charge in [0.2, 0.25) is 5.91 Å². The summed E-state index contributed by atoms with van der Waals surface area (Å²) in [5, 5.41) is 8.84. The summed E-state index contributed by atoms with van der Waals surface area (Å²) in [6.07, 6.45) is -1.97. The molecule has 3 N–H and O–H groups in total. The van der Waals surface area contributed by atoms with Crippen LogP contribution in [-0.4, -0.2) is 25.5 Å². The Bertz CT molecular complexity index is 550. The fourth-order valence-electron chi connectivity index (χ4n) is 2.55. The first-order valence-corrected chi connectivity index (χ1v) is 7.88. The van der Waals surface area contributed by atoms with E-state index in [4.69, 9.17) is 0 Å². The van der Waals surface area contributed by atoms with Crippen LogP contribution in [-0.2, 0) is 11.0 Å². The molecule has 1 aromatic carbocycles. The predicted molar refractivity (Wildman–Crippen MR) is 98.9 cm³/mol. The van der Waals surface area contributed by atoms with Crippen molar-refractivity contribution in [1.29, 1.82) is 0 Å². The van der Waals surface area contributed by atoms with Gasteiger partial charge >= 0.3 is 6.18 Å². The second kappa shape index (κ2) is 10.7. The van der Waals surface area contributed by atoms with Crippen LogP contribution in [0.3, 0.4) is 0 Å². The van der Waals surface area contributed by atoms with E-state index >= 15 is 0 Å². The zero-order chi connectivity index (χ0) is 16.9. The van der Waals surface area contributed by atoms with Crippen LogP contribution in [0, 0.1) is 5.92 Å². The number of amides is 1. The van der Waals surface area contributed by atoms with Crippen LogP contribution in [0.2, 0.25) is 0 Å². The number of nitrogens with one attached hydrogen (secondary N) is 3. The molecule has 2 rings (SSSR count). The molecule has 4 nitrogen and oxygen atoms in total. The molecule has 0 radical (unpaired) electrons. The normalized spacial score (nSPS) is 17.0. The highest BCUT2D eigenvalue weighted by molar-refractivity contribution is 5.96. The average Bonchev–Trinajstić information content (AvgIpc) is 2.53. The third-order valence-electron chi connectivity index (χ3n) is 3.84. The van der Waals surface area contributed by atoms with E-state index in [9.17, 15) is 18.0 Å². The molecule has 1 unspecified atom stereocenters. The SMILES string of the molecule is CCCNc1ccc(C(F)(F)F)cc1NC(=O)C1CCCNC1.Cl.Cl. The fourth-order valence-corrected chi connectivity index (χ4v) is 2.55. The van der Waals surface area contributed by atoms with E-state index in [1.807, 2.05) is 6.92 Å². The number of alkyl halides is 3. The lowest BCUT2D eigenvalue weighted by Crippen LogP contribution is -2.37. The van der Waals surface area contributed by atoms with Crippen molar-refractivity contribution < 1.29 is 18.0 Å². The molecule has 1 heterocycles. The van der Waals surface area contributed by atoms with Crippen molar-refractivity contribution in [3.63, 3.8) is 0 Å². The maximum atomic E-state index is 12.9. The Morgan fingerprint density at radius 2 is 2.00 bits per heavy atom. The van der Waals surface area contributed by atoms with E-state index in [1.165, 1.54) is 6.07 Å². The number of hydrogen-bond donors (Lipinski definition) is 3. The second-order valence-corrected chi connectivity index (χ2v) is 5.72. The molecule has 1 saturated heterocycles. The van der Waals surface area contributed by atoms with Gasteiger partial charge in [-0.2, -0.15) is 13.2 Å². The molecule has 0 saturated carbocycles. The molecule has 0 aliphatic carbocycles. The van der Waals surface area contributed by atoms with Gasteiger partial charge in [0.1, 0.15) is 0 Å². The van der Waals surface area contributed by atoms with Crippen LogP contribution in [0.25, 0.3) is 0 Å². The van der Waals surface area contributed by atoms with Gasteiger partial charge in [0, 0.05) is 13.1 Å². The largest absolute Gasteiger partial charge is 0.416 e. The number of anilines is 2. The maximum Gasteiger partial charge on any atom is 0.416 e. The first kappa shape index (κ1) is 23.8. The van der Waals surface area contributed by atoms with Gasteiger partial charge in [-0.25, -0.2) is 0 Å². The van der Waals surface area contributed by atoms with Crippen LogP contribution < -0.4 is 16.0 Å². The summed E-state index contributed by atoms with van der Waals surface area (Å²) in [6, 6.07) is 3.38. The molecule has 1 aliphatic heterocycles. The molecule has 1 amide bonds. The van der Waals surface area contributed by atoms with E-state index in [0.717, 1.165) is 37.9 Å². The number of benzene rings is 1. The van der Waals surface area contributed by atoms with Gasteiger partial charge in [-0.1, -0.05) is 6.92 Å². The molecule has 25 heavy (non-hydrogen) atoms. The fraction of sp³-hybridized carbons (Fsp3) is 0.562. The van der Waals surface area contributed by atoms with Crippen LogP contribution >= 0.6 is 24.8 Å². The molecule has 144 valence electrons. The maximum absolute atomic E-state index is 12.9. The van der Waals surface area contributed by atoms with Crippen LogP contribution in [0.5, 0.6) is 0 Å². The Morgan fingerprint density at radius 1 is 1.28 bits per heavy atom. The van der Waals surface area contributed by atoms with Gasteiger partial charge in [-0.15, -0.1) is 24.8 Å². The summed E-state index contributed by atoms with van der Waals surface area (Å²) in [6.45, 7) is 4.02. The van der Waals surface area contributed by atoms with Crippen LogP contribution in [0.4, 0.5) is 24.5 Å². The van der Waals surface area contributed by atoms with Gasteiger partial charge in [0.05, 0.1) is 22.9 Å². The van der Waals surface area contributed by atoms with E-state index < -0.39 is 11.7 Å². The highest BCUT2D eigenvalue weighted by Gasteiger charge is 2.31. The lowest BCUT2D eigenvalue weighted by Gasteiger charge is -2.23. The number of rotatable bonds is 5. The Balaban J connectivity index is 0.00000288. The number of piperidine rings is 1. The number of carbonyl (C=O) groups excluding carboxylic acids is 1. The van der Waals surface area contributed by atoms with Gasteiger partial charge in [0.15, 0.2) is 0 Å². The summed E-state index contributed by atoms with van der Waals surface area (Å²) in [7, 11) is 0. The quantitative estimate of drug-likeness (QED) is 0.688. The summed E-state index contributed by atoms with van der Waals surface area (Å²) in [5.41, 5.74) is -0.0718. The Labute approximate surface area is 158 Å². The molecule has 1 atom stereocenters. The molecule has 1 aromatic rings. The molecule has 1 fully saturated rings.